The fourth-order valence-electron chi connectivity index (χ4n) is 2.17. The summed E-state index contributed by atoms with van der Waals surface area (Å²) < 4.78 is 25.5. The summed E-state index contributed by atoms with van der Waals surface area (Å²) in [5.41, 5.74) is 6.61. The molecule has 0 fully saturated rings. The number of fused-ring (bicyclic) bond motifs is 1. The van der Waals surface area contributed by atoms with Gasteiger partial charge in [0.05, 0.1) is 4.90 Å². The van der Waals surface area contributed by atoms with Crippen LogP contribution in [-0.4, -0.2) is 19.9 Å². The summed E-state index contributed by atoms with van der Waals surface area (Å²) in [5, 5.41) is 1.44. The van der Waals surface area contributed by atoms with Crippen LogP contribution in [0.15, 0.2) is 45.6 Å². The zero-order valence-electron chi connectivity index (χ0n) is 11.0. The molecular weight excluding hydrogens is 328 g/mol. The Morgan fingerprint density at radius 1 is 1.24 bits per heavy atom. The molecular formula is C14H13ClN2O2S2. The Labute approximate surface area is 131 Å². The van der Waals surface area contributed by atoms with Crippen LogP contribution in [0.1, 0.15) is 5.56 Å². The first-order chi connectivity index (χ1) is 10.0. The van der Waals surface area contributed by atoms with Crippen LogP contribution < -0.4 is 5.73 Å². The molecule has 7 heteroatoms. The van der Waals surface area contributed by atoms with E-state index in [-0.39, 0.29) is 4.90 Å². The van der Waals surface area contributed by atoms with Crippen LogP contribution in [0.4, 0.5) is 0 Å². The predicted molar refractivity (Wildman–Crippen MR) is 85.8 cm³/mol. The average Bonchev–Trinajstić information content (AvgIpc) is 3.02. The fraction of sp³-hybridized carbons (Fsp3) is 0.143. The van der Waals surface area contributed by atoms with Crippen molar-refractivity contribution < 1.29 is 8.42 Å². The summed E-state index contributed by atoms with van der Waals surface area (Å²) in [6, 6.07) is 7.91. The third kappa shape index (κ3) is 2.60. The van der Waals surface area contributed by atoms with Crippen molar-refractivity contribution in [3.63, 3.8) is 0 Å². The van der Waals surface area contributed by atoms with Crippen molar-refractivity contribution in [3.8, 4) is 0 Å². The van der Waals surface area contributed by atoms with Gasteiger partial charge in [0.15, 0.2) is 0 Å². The minimum absolute atomic E-state index is 0.246. The Kier molecular flexibility index (Phi) is 3.79. The molecule has 0 aliphatic rings. The van der Waals surface area contributed by atoms with Crippen molar-refractivity contribution in [1.29, 1.82) is 0 Å². The molecule has 0 atom stereocenters. The number of nitrogens with one attached hydrogen (secondary N) is 1. The molecule has 0 amide bonds. The van der Waals surface area contributed by atoms with Gasteiger partial charge in [-0.05, 0) is 48.9 Å². The lowest BCUT2D eigenvalue weighted by Crippen LogP contribution is -2.02. The van der Waals surface area contributed by atoms with Gasteiger partial charge in [0.2, 0.25) is 9.84 Å². The molecule has 0 aliphatic heterocycles. The van der Waals surface area contributed by atoms with Gasteiger partial charge in [0, 0.05) is 16.6 Å². The van der Waals surface area contributed by atoms with Crippen LogP contribution in [0, 0.1) is 0 Å². The second kappa shape index (κ2) is 5.46. The first-order valence-corrected chi connectivity index (χ1v) is 9.00. The third-order valence-electron chi connectivity index (χ3n) is 3.24. The number of aromatic amines is 1. The normalized spacial score (nSPS) is 12.1. The quantitative estimate of drug-likeness (QED) is 0.765. The van der Waals surface area contributed by atoms with E-state index in [1.165, 1.54) is 23.5 Å². The number of thiophene rings is 1. The Balaban J connectivity index is 2.08. The molecule has 0 spiro atoms. The van der Waals surface area contributed by atoms with E-state index >= 15 is 0 Å². The summed E-state index contributed by atoms with van der Waals surface area (Å²) >= 11 is 7.03. The number of aromatic nitrogens is 1. The first-order valence-electron chi connectivity index (χ1n) is 6.33. The predicted octanol–water partition coefficient (Wildman–Crippen LogP) is 3.22. The maximum absolute atomic E-state index is 12.6. The van der Waals surface area contributed by atoms with Gasteiger partial charge in [0.25, 0.3) is 0 Å². The van der Waals surface area contributed by atoms with Crippen LogP contribution in [0.2, 0.25) is 5.02 Å². The minimum atomic E-state index is -3.51. The summed E-state index contributed by atoms with van der Waals surface area (Å²) in [4.78, 5) is 4.20. The van der Waals surface area contributed by atoms with Gasteiger partial charge < -0.3 is 10.7 Å². The van der Waals surface area contributed by atoms with E-state index in [1.807, 2.05) is 6.20 Å². The Hall–Kier alpha value is -1.34. The highest BCUT2D eigenvalue weighted by Gasteiger charge is 2.21. The Bertz CT molecular complexity index is 879. The maximum Gasteiger partial charge on any atom is 0.216 e. The smallest absolute Gasteiger partial charge is 0.216 e. The molecule has 110 valence electrons. The SMILES string of the molecule is NCCc1c[nH]c2sc(S(=O)(=O)c3ccc(Cl)cc3)cc12. The number of hydrogen-bond acceptors (Lipinski definition) is 4. The van der Waals surface area contributed by atoms with Crippen molar-refractivity contribution in [2.45, 2.75) is 15.5 Å². The van der Waals surface area contributed by atoms with Crippen molar-refractivity contribution in [1.82, 2.24) is 4.98 Å². The van der Waals surface area contributed by atoms with E-state index in [4.69, 9.17) is 17.3 Å². The Morgan fingerprint density at radius 2 is 1.95 bits per heavy atom. The molecule has 2 heterocycles. The van der Waals surface area contributed by atoms with Gasteiger partial charge in [0.1, 0.15) is 9.04 Å². The van der Waals surface area contributed by atoms with Gasteiger partial charge in [-0.1, -0.05) is 11.6 Å². The molecule has 1 aromatic carbocycles. The summed E-state index contributed by atoms with van der Waals surface area (Å²) in [6.07, 6.45) is 2.60. The van der Waals surface area contributed by atoms with E-state index in [0.29, 0.717) is 15.8 Å². The largest absolute Gasteiger partial charge is 0.353 e. The first kappa shape index (κ1) is 14.6. The van der Waals surface area contributed by atoms with Crippen LogP contribution in [0.5, 0.6) is 0 Å². The molecule has 3 N–H and O–H groups in total. The van der Waals surface area contributed by atoms with Crippen LogP contribution >= 0.6 is 22.9 Å². The standard InChI is InChI=1S/C14H13ClN2O2S2/c15-10-1-3-11(4-2-10)21(18,19)13-7-12-9(5-6-16)8-17-14(12)20-13/h1-4,7-8,17H,5-6,16H2. The minimum Gasteiger partial charge on any atom is -0.353 e. The second-order valence-corrected chi connectivity index (χ2v) is 8.28. The molecule has 0 saturated heterocycles. The molecule has 0 saturated carbocycles. The lowest BCUT2D eigenvalue weighted by Gasteiger charge is -2.01. The van der Waals surface area contributed by atoms with Crippen LogP contribution in [0.3, 0.4) is 0 Å². The zero-order valence-corrected chi connectivity index (χ0v) is 13.4. The average molecular weight is 341 g/mol. The third-order valence-corrected chi connectivity index (χ3v) is 6.80. The zero-order chi connectivity index (χ0) is 15.0. The van der Waals surface area contributed by atoms with Gasteiger partial charge in [-0.2, -0.15) is 0 Å². The highest BCUT2D eigenvalue weighted by atomic mass is 35.5. The van der Waals surface area contributed by atoms with E-state index in [2.05, 4.69) is 4.98 Å². The van der Waals surface area contributed by atoms with Crippen molar-refractivity contribution >= 4 is 43.0 Å². The van der Waals surface area contributed by atoms with Crippen molar-refractivity contribution in [2.75, 3.05) is 6.54 Å². The summed E-state index contributed by atoms with van der Waals surface area (Å²) in [7, 11) is -3.51. The molecule has 2 aromatic heterocycles. The number of sulfone groups is 1. The lowest BCUT2D eigenvalue weighted by molar-refractivity contribution is 0.598. The van der Waals surface area contributed by atoms with E-state index in [0.717, 1.165) is 22.2 Å². The number of H-pyrrole nitrogens is 1. The van der Waals surface area contributed by atoms with Crippen molar-refractivity contribution in [3.05, 3.63) is 47.1 Å². The summed E-state index contributed by atoms with van der Waals surface area (Å²) in [6.45, 7) is 0.530. The van der Waals surface area contributed by atoms with Gasteiger partial charge in [-0.25, -0.2) is 8.42 Å². The number of halogens is 1. The van der Waals surface area contributed by atoms with E-state index < -0.39 is 9.84 Å². The van der Waals surface area contributed by atoms with E-state index in [9.17, 15) is 8.42 Å². The van der Waals surface area contributed by atoms with Gasteiger partial charge in [-0.15, -0.1) is 11.3 Å². The van der Waals surface area contributed by atoms with Gasteiger partial charge in [-0.3, -0.25) is 0 Å². The van der Waals surface area contributed by atoms with Gasteiger partial charge >= 0.3 is 0 Å². The molecule has 0 bridgehead atoms. The molecule has 3 rings (SSSR count). The highest BCUT2D eigenvalue weighted by Crippen LogP contribution is 2.34. The highest BCUT2D eigenvalue weighted by molar-refractivity contribution is 7.93. The number of hydrogen-bond donors (Lipinski definition) is 2. The Morgan fingerprint density at radius 3 is 2.62 bits per heavy atom. The number of rotatable bonds is 4. The molecule has 0 radical (unpaired) electrons. The number of benzene rings is 1. The molecule has 0 unspecified atom stereocenters. The topological polar surface area (TPSA) is 76.0 Å². The molecule has 3 aromatic rings. The van der Waals surface area contributed by atoms with E-state index in [1.54, 1.807) is 18.2 Å². The second-order valence-electron chi connectivity index (χ2n) is 4.62. The van der Waals surface area contributed by atoms with Crippen molar-refractivity contribution in [2.24, 2.45) is 5.73 Å². The maximum atomic E-state index is 12.6. The molecule has 4 nitrogen and oxygen atoms in total. The molecule has 0 aliphatic carbocycles. The fourth-order valence-corrected chi connectivity index (χ4v) is 5.07. The van der Waals surface area contributed by atoms with Crippen LogP contribution in [0.25, 0.3) is 10.2 Å². The number of nitrogens with two attached hydrogens (primary N) is 1. The van der Waals surface area contributed by atoms with Crippen LogP contribution in [-0.2, 0) is 16.3 Å². The monoisotopic (exact) mass is 340 g/mol. The molecule has 21 heavy (non-hydrogen) atoms. The summed E-state index contributed by atoms with van der Waals surface area (Å²) in [5.74, 6) is 0. The lowest BCUT2D eigenvalue weighted by atomic mass is 10.2.